The van der Waals surface area contributed by atoms with Gasteiger partial charge in [0.05, 0.1) is 24.8 Å². The number of nitrogens with one attached hydrogen (secondary N) is 2. The molecule has 2 N–H and O–H groups in total. The fourth-order valence-electron chi connectivity index (χ4n) is 2.72. The topological polar surface area (TPSA) is 93.7 Å². The average Bonchev–Trinajstić information content (AvgIpc) is 2.79. The first kappa shape index (κ1) is 21.9. The van der Waals surface area contributed by atoms with Gasteiger partial charge in [-0.2, -0.15) is 0 Å². The lowest BCUT2D eigenvalue weighted by Gasteiger charge is -2.13. The fourth-order valence-corrected chi connectivity index (χ4v) is 3.79. The van der Waals surface area contributed by atoms with Gasteiger partial charge in [-0.15, -0.1) is 0 Å². The quantitative estimate of drug-likeness (QED) is 0.515. The maximum atomic E-state index is 12.7. The first-order chi connectivity index (χ1) is 14.9. The number of benzene rings is 3. The van der Waals surface area contributed by atoms with Gasteiger partial charge >= 0.3 is 0 Å². The Labute approximate surface area is 181 Å². The minimum absolute atomic E-state index is 0.0446. The van der Waals surface area contributed by atoms with Gasteiger partial charge in [-0.25, -0.2) is 8.42 Å². The molecule has 0 aromatic heterocycles. The van der Waals surface area contributed by atoms with E-state index in [2.05, 4.69) is 10.0 Å². The number of hydrogen-bond donors (Lipinski definition) is 2. The lowest BCUT2D eigenvalue weighted by Crippen LogP contribution is -2.14. The SMILES string of the molecule is COc1ccc(NS(=O)(=O)c2ccc(NC(=O)/C=C/c3ccccc3)cc2)c(OC)c1. The lowest BCUT2D eigenvalue weighted by molar-refractivity contribution is -0.111. The zero-order valence-corrected chi connectivity index (χ0v) is 17.8. The zero-order valence-electron chi connectivity index (χ0n) is 17.0. The molecule has 160 valence electrons. The van der Waals surface area contributed by atoms with Crippen molar-refractivity contribution < 1.29 is 22.7 Å². The predicted molar refractivity (Wildman–Crippen MR) is 121 cm³/mol. The molecule has 3 rings (SSSR count). The van der Waals surface area contributed by atoms with Crippen molar-refractivity contribution in [3.8, 4) is 11.5 Å². The third-order valence-corrected chi connectivity index (χ3v) is 5.69. The van der Waals surface area contributed by atoms with E-state index in [9.17, 15) is 13.2 Å². The van der Waals surface area contributed by atoms with Crippen LogP contribution in [0.4, 0.5) is 11.4 Å². The van der Waals surface area contributed by atoms with E-state index >= 15 is 0 Å². The van der Waals surface area contributed by atoms with Gasteiger partial charge in [0, 0.05) is 17.8 Å². The summed E-state index contributed by atoms with van der Waals surface area (Å²) in [6, 6.07) is 20.1. The van der Waals surface area contributed by atoms with Gasteiger partial charge in [-0.05, 0) is 48.0 Å². The molecule has 1 amide bonds. The smallest absolute Gasteiger partial charge is 0.262 e. The highest BCUT2D eigenvalue weighted by Gasteiger charge is 2.17. The maximum absolute atomic E-state index is 12.7. The number of rotatable bonds is 8. The van der Waals surface area contributed by atoms with E-state index in [1.165, 1.54) is 44.6 Å². The van der Waals surface area contributed by atoms with E-state index in [-0.39, 0.29) is 16.5 Å². The Balaban J connectivity index is 1.69. The van der Waals surface area contributed by atoms with Crippen LogP contribution in [0, 0.1) is 0 Å². The molecule has 0 aliphatic heterocycles. The van der Waals surface area contributed by atoms with Crippen LogP contribution < -0.4 is 19.5 Å². The Bertz CT molecular complexity index is 1170. The van der Waals surface area contributed by atoms with Crippen LogP contribution in [0.3, 0.4) is 0 Å². The van der Waals surface area contributed by atoms with Crippen molar-refractivity contribution >= 4 is 33.4 Å². The number of methoxy groups -OCH3 is 2. The van der Waals surface area contributed by atoms with Crippen LogP contribution in [-0.2, 0) is 14.8 Å². The first-order valence-corrected chi connectivity index (χ1v) is 10.8. The number of anilines is 2. The molecular formula is C23H22N2O5S. The van der Waals surface area contributed by atoms with Gasteiger partial charge in [0.25, 0.3) is 10.0 Å². The molecule has 0 aliphatic rings. The zero-order chi connectivity index (χ0) is 22.3. The van der Waals surface area contributed by atoms with Gasteiger partial charge in [-0.1, -0.05) is 30.3 Å². The number of amides is 1. The van der Waals surface area contributed by atoms with E-state index in [1.807, 2.05) is 30.3 Å². The highest BCUT2D eigenvalue weighted by atomic mass is 32.2. The second kappa shape index (κ2) is 9.82. The van der Waals surface area contributed by atoms with Gasteiger partial charge in [0.1, 0.15) is 11.5 Å². The molecule has 0 radical (unpaired) electrons. The molecule has 0 saturated carbocycles. The molecule has 0 fully saturated rings. The van der Waals surface area contributed by atoms with Crippen molar-refractivity contribution in [2.75, 3.05) is 24.3 Å². The van der Waals surface area contributed by atoms with Crippen LogP contribution in [0.2, 0.25) is 0 Å². The summed E-state index contributed by atoms with van der Waals surface area (Å²) < 4.78 is 38.3. The summed E-state index contributed by atoms with van der Waals surface area (Å²) in [6.45, 7) is 0. The molecule has 3 aromatic carbocycles. The summed E-state index contributed by atoms with van der Waals surface area (Å²) in [5.41, 5.74) is 1.66. The van der Waals surface area contributed by atoms with Gasteiger partial charge in [-0.3, -0.25) is 9.52 Å². The number of ether oxygens (including phenoxy) is 2. The molecule has 0 bridgehead atoms. The third-order valence-electron chi connectivity index (χ3n) is 4.31. The molecule has 3 aromatic rings. The van der Waals surface area contributed by atoms with Crippen LogP contribution in [0.25, 0.3) is 6.08 Å². The molecule has 0 spiro atoms. The van der Waals surface area contributed by atoms with E-state index in [0.717, 1.165) is 5.56 Å². The molecule has 8 heteroatoms. The molecular weight excluding hydrogens is 416 g/mol. The number of sulfonamides is 1. The Hall–Kier alpha value is -3.78. The minimum Gasteiger partial charge on any atom is -0.497 e. The molecule has 7 nitrogen and oxygen atoms in total. The predicted octanol–water partition coefficient (Wildman–Crippen LogP) is 4.16. The van der Waals surface area contributed by atoms with Crippen LogP contribution >= 0.6 is 0 Å². The number of hydrogen-bond acceptors (Lipinski definition) is 5. The van der Waals surface area contributed by atoms with Gasteiger partial charge in [0.2, 0.25) is 5.91 Å². The fraction of sp³-hybridized carbons (Fsp3) is 0.0870. The Morgan fingerprint density at radius 1 is 0.903 bits per heavy atom. The summed E-state index contributed by atoms with van der Waals surface area (Å²) in [4.78, 5) is 12.1. The van der Waals surface area contributed by atoms with Crippen molar-refractivity contribution in [2.24, 2.45) is 0 Å². The Morgan fingerprint density at radius 2 is 1.61 bits per heavy atom. The van der Waals surface area contributed by atoms with Crippen molar-refractivity contribution in [2.45, 2.75) is 4.90 Å². The molecule has 0 saturated heterocycles. The monoisotopic (exact) mass is 438 g/mol. The van der Waals surface area contributed by atoms with Crippen molar-refractivity contribution in [1.82, 2.24) is 0 Å². The lowest BCUT2D eigenvalue weighted by atomic mass is 10.2. The van der Waals surface area contributed by atoms with Crippen LogP contribution in [0.5, 0.6) is 11.5 Å². The summed E-state index contributed by atoms with van der Waals surface area (Å²) in [5.74, 6) is 0.554. The third kappa shape index (κ3) is 5.86. The maximum Gasteiger partial charge on any atom is 0.262 e. The Morgan fingerprint density at radius 3 is 2.26 bits per heavy atom. The summed E-state index contributed by atoms with van der Waals surface area (Å²) in [6.07, 6.45) is 3.11. The normalized spacial score (nSPS) is 11.2. The first-order valence-electron chi connectivity index (χ1n) is 9.30. The summed E-state index contributed by atoms with van der Waals surface area (Å²) in [7, 11) is -0.903. The molecule has 0 atom stereocenters. The van der Waals surface area contributed by atoms with Crippen LogP contribution in [0.1, 0.15) is 5.56 Å². The van der Waals surface area contributed by atoms with E-state index in [0.29, 0.717) is 17.2 Å². The molecule has 31 heavy (non-hydrogen) atoms. The second-order valence-corrected chi connectivity index (χ2v) is 8.11. The summed E-state index contributed by atoms with van der Waals surface area (Å²) in [5, 5.41) is 2.70. The second-order valence-electron chi connectivity index (χ2n) is 6.43. The minimum atomic E-state index is -3.85. The van der Waals surface area contributed by atoms with E-state index < -0.39 is 10.0 Å². The van der Waals surface area contributed by atoms with E-state index in [4.69, 9.17) is 9.47 Å². The molecule has 0 unspecified atom stereocenters. The van der Waals surface area contributed by atoms with Gasteiger partial charge < -0.3 is 14.8 Å². The average molecular weight is 439 g/mol. The highest BCUT2D eigenvalue weighted by Crippen LogP contribution is 2.31. The van der Waals surface area contributed by atoms with Crippen molar-refractivity contribution in [3.63, 3.8) is 0 Å². The van der Waals surface area contributed by atoms with E-state index in [1.54, 1.807) is 24.3 Å². The van der Waals surface area contributed by atoms with Crippen LogP contribution in [-0.4, -0.2) is 28.5 Å². The molecule has 0 aliphatic carbocycles. The number of carbonyl (C=O) groups is 1. The standard InChI is InChI=1S/C23H22N2O5S/c1-29-19-11-14-21(22(16-19)30-2)25-31(27,28)20-12-9-18(10-13-20)24-23(26)15-8-17-6-4-3-5-7-17/h3-16,25H,1-2H3,(H,24,26)/b15-8+. The van der Waals surface area contributed by atoms with Gasteiger partial charge in [0.15, 0.2) is 0 Å². The Kier molecular flexibility index (Phi) is 6.94. The highest BCUT2D eigenvalue weighted by molar-refractivity contribution is 7.92. The molecule has 0 heterocycles. The number of carbonyl (C=O) groups excluding carboxylic acids is 1. The largest absolute Gasteiger partial charge is 0.497 e. The van der Waals surface area contributed by atoms with Crippen LogP contribution in [0.15, 0.2) is 83.8 Å². The summed E-state index contributed by atoms with van der Waals surface area (Å²) >= 11 is 0. The van der Waals surface area contributed by atoms with Crippen molar-refractivity contribution in [1.29, 1.82) is 0 Å². The van der Waals surface area contributed by atoms with Crippen molar-refractivity contribution in [3.05, 3.63) is 84.4 Å².